The maximum atomic E-state index is 13.0. The number of aromatic nitrogens is 3. The summed E-state index contributed by atoms with van der Waals surface area (Å²) < 4.78 is 3.51. The summed E-state index contributed by atoms with van der Waals surface area (Å²) in [5.41, 5.74) is 1.53. The van der Waals surface area contributed by atoms with E-state index in [-0.39, 0.29) is 10.4 Å². The second kappa shape index (κ2) is 8.63. The lowest BCUT2D eigenvalue weighted by molar-refractivity contribution is 0.481. The largest absolute Gasteiger partial charge is 0.307 e. The van der Waals surface area contributed by atoms with Crippen molar-refractivity contribution in [3.8, 4) is 0 Å². The minimum atomic E-state index is -0.0382. The van der Waals surface area contributed by atoms with Gasteiger partial charge in [0.2, 0.25) is 0 Å². The molecule has 144 valence electrons. The fourth-order valence-electron chi connectivity index (χ4n) is 2.77. The molecule has 0 amide bonds. The first-order valence-corrected chi connectivity index (χ1v) is 11.1. The zero-order valence-electron chi connectivity index (χ0n) is 15.6. The first kappa shape index (κ1) is 20.2. The van der Waals surface area contributed by atoms with Crippen molar-refractivity contribution in [2.45, 2.75) is 45.4 Å². The number of nitrogens with zero attached hydrogens (tertiary/aromatic N) is 3. The number of rotatable bonds is 7. The van der Waals surface area contributed by atoms with Crippen molar-refractivity contribution in [2.24, 2.45) is 5.92 Å². The monoisotopic (exact) mass is 423 g/mol. The predicted molar refractivity (Wildman–Crippen MR) is 115 cm³/mol. The van der Waals surface area contributed by atoms with Crippen LogP contribution in [-0.4, -0.2) is 19.9 Å². The fourth-order valence-corrected chi connectivity index (χ4v) is 4.65. The molecule has 0 aliphatic heterocycles. The Balaban J connectivity index is 1.92. The van der Waals surface area contributed by atoms with E-state index in [1.165, 1.54) is 23.1 Å². The van der Waals surface area contributed by atoms with Crippen molar-refractivity contribution in [1.29, 1.82) is 0 Å². The van der Waals surface area contributed by atoms with E-state index in [9.17, 15) is 9.59 Å². The Morgan fingerprint density at radius 3 is 2.67 bits per heavy atom. The van der Waals surface area contributed by atoms with Gasteiger partial charge < -0.3 is 4.57 Å². The molecule has 2 heterocycles. The minimum Gasteiger partial charge on any atom is -0.303 e. The van der Waals surface area contributed by atoms with Gasteiger partial charge in [0.15, 0.2) is 5.16 Å². The first-order valence-electron chi connectivity index (χ1n) is 8.84. The lowest BCUT2D eigenvalue weighted by Crippen LogP contribution is -2.24. The number of halogens is 1. The van der Waals surface area contributed by atoms with Crippen LogP contribution in [0.5, 0.6) is 0 Å². The molecule has 0 saturated carbocycles. The molecule has 8 heteroatoms. The van der Waals surface area contributed by atoms with Gasteiger partial charge in [-0.25, -0.2) is 4.98 Å². The second-order valence-electron chi connectivity index (χ2n) is 6.84. The number of hydrogen-bond acceptors (Lipinski definition) is 5. The van der Waals surface area contributed by atoms with Crippen LogP contribution in [0.25, 0.3) is 10.9 Å². The standard InChI is InChI=1S/C19H22ClN3O2S2/c1-12(2)6-7-23-17(24)15-5-4-14(20)10-16(15)21-18(23)26-9-8-22-13(3)11-27-19(22)25/h4-5,10-12H,6-9H2,1-3H3. The molecule has 0 saturated heterocycles. The lowest BCUT2D eigenvalue weighted by Gasteiger charge is -2.14. The van der Waals surface area contributed by atoms with Gasteiger partial charge in [0.1, 0.15) is 0 Å². The molecule has 0 unspecified atom stereocenters. The average Bonchev–Trinajstić information content (AvgIpc) is 2.92. The van der Waals surface area contributed by atoms with Crippen LogP contribution in [0.4, 0.5) is 0 Å². The van der Waals surface area contributed by atoms with Crippen LogP contribution >= 0.6 is 34.7 Å². The molecular weight excluding hydrogens is 402 g/mol. The van der Waals surface area contributed by atoms with Crippen LogP contribution in [-0.2, 0) is 13.1 Å². The van der Waals surface area contributed by atoms with Crippen LogP contribution in [0.2, 0.25) is 5.02 Å². The Morgan fingerprint density at radius 1 is 1.22 bits per heavy atom. The minimum absolute atomic E-state index is 0.0382. The van der Waals surface area contributed by atoms with Crippen LogP contribution in [0.3, 0.4) is 0 Å². The third kappa shape index (κ3) is 4.65. The van der Waals surface area contributed by atoms with Crippen molar-refractivity contribution in [3.05, 3.63) is 54.3 Å². The number of thioether (sulfide) groups is 1. The van der Waals surface area contributed by atoms with Crippen LogP contribution in [0.15, 0.2) is 38.3 Å². The summed E-state index contributed by atoms with van der Waals surface area (Å²) in [6.45, 7) is 7.42. The van der Waals surface area contributed by atoms with E-state index < -0.39 is 0 Å². The van der Waals surface area contributed by atoms with Crippen molar-refractivity contribution in [3.63, 3.8) is 0 Å². The quantitative estimate of drug-likeness (QED) is 0.417. The van der Waals surface area contributed by atoms with Crippen LogP contribution in [0, 0.1) is 12.8 Å². The second-order valence-corrected chi connectivity index (χ2v) is 9.16. The van der Waals surface area contributed by atoms with Gasteiger partial charge in [0, 0.05) is 34.9 Å². The molecule has 0 fully saturated rings. The summed E-state index contributed by atoms with van der Waals surface area (Å²) in [7, 11) is 0. The summed E-state index contributed by atoms with van der Waals surface area (Å²) in [4.78, 5) is 29.6. The molecule has 2 aromatic heterocycles. The molecule has 0 radical (unpaired) electrons. The molecular formula is C19H22ClN3O2S2. The van der Waals surface area contributed by atoms with Gasteiger partial charge in [0.25, 0.3) is 5.56 Å². The molecule has 0 spiro atoms. The van der Waals surface area contributed by atoms with Gasteiger partial charge in [-0.05, 0) is 37.5 Å². The highest BCUT2D eigenvalue weighted by atomic mass is 35.5. The predicted octanol–water partition coefficient (Wildman–Crippen LogP) is 4.42. The van der Waals surface area contributed by atoms with Crippen LogP contribution in [0.1, 0.15) is 26.0 Å². The summed E-state index contributed by atoms with van der Waals surface area (Å²) >= 11 is 8.79. The van der Waals surface area contributed by atoms with Crippen molar-refractivity contribution in [1.82, 2.24) is 14.1 Å². The van der Waals surface area contributed by atoms with Gasteiger partial charge in [0.05, 0.1) is 10.9 Å². The van der Waals surface area contributed by atoms with E-state index in [4.69, 9.17) is 16.6 Å². The SMILES string of the molecule is Cc1csc(=O)n1CCSc1nc2cc(Cl)ccc2c(=O)n1CCC(C)C. The number of thiazole rings is 1. The van der Waals surface area contributed by atoms with Crippen molar-refractivity contribution < 1.29 is 0 Å². The number of aryl methyl sites for hydroxylation is 1. The Bertz CT molecular complexity index is 1070. The topological polar surface area (TPSA) is 56.9 Å². The molecule has 0 atom stereocenters. The Morgan fingerprint density at radius 2 is 2.00 bits per heavy atom. The Kier molecular flexibility index (Phi) is 6.44. The van der Waals surface area contributed by atoms with E-state index >= 15 is 0 Å². The number of hydrogen-bond donors (Lipinski definition) is 0. The van der Waals surface area contributed by atoms with E-state index in [1.807, 2.05) is 12.3 Å². The summed E-state index contributed by atoms with van der Waals surface area (Å²) in [6.07, 6.45) is 0.900. The maximum Gasteiger partial charge on any atom is 0.307 e. The van der Waals surface area contributed by atoms with E-state index in [1.54, 1.807) is 27.3 Å². The highest BCUT2D eigenvalue weighted by Crippen LogP contribution is 2.21. The van der Waals surface area contributed by atoms with Gasteiger partial charge >= 0.3 is 4.87 Å². The molecule has 5 nitrogen and oxygen atoms in total. The normalized spacial score (nSPS) is 11.6. The summed E-state index contributed by atoms with van der Waals surface area (Å²) in [5.74, 6) is 1.15. The molecule has 27 heavy (non-hydrogen) atoms. The first-order chi connectivity index (χ1) is 12.9. The van der Waals surface area contributed by atoms with E-state index in [0.29, 0.717) is 45.8 Å². The molecule has 3 aromatic rings. The number of fused-ring (bicyclic) bond motifs is 1. The summed E-state index contributed by atoms with van der Waals surface area (Å²) in [5, 5.41) is 3.68. The maximum absolute atomic E-state index is 13.0. The molecule has 3 rings (SSSR count). The summed E-state index contributed by atoms with van der Waals surface area (Å²) in [6, 6.07) is 5.18. The fraction of sp³-hybridized carbons (Fsp3) is 0.421. The van der Waals surface area contributed by atoms with Gasteiger partial charge in [-0.3, -0.25) is 14.2 Å². The average molecular weight is 424 g/mol. The number of benzene rings is 1. The molecule has 0 N–H and O–H groups in total. The van der Waals surface area contributed by atoms with Crippen molar-refractivity contribution >= 4 is 45.6 Å². The highest BCUT2D eigenvalue weighted by Gasteiger charge is 2.13. The zero-order valence-corrected chi connectivity index (χ0v) is 18.0. The van der Waals surface area contributed by atoms with Gasteiger partial charge in [-0.1, -0.05) is 48.5 Å². The van der Waals surface area contributed by atoms with Gasteiger partial charge in [-0.2, -0.15) is 0 Å². The Hall–Kier alpha value is -1.57. The third-order valence-corrected chi connectivity index (χ3v) is 6.41. The van der Waals surface area contributed by atoms with E-state index in [2.05, 4.69) is 13.8 Å². The van der Waals surface area contributed by atoms with Gasteiger partial charge in [-0.15, -0.1) is 0 Å². The molecule has 0 aliphatic carbocycles. The van der Waals surface area contributed by atoms with Crippen LogP contribution < -0.4 is 10.4 Å². The third-order valence-electron chi connectivity index (χ3n) is 4.33. The highest BCUT2D eigenvalue weighted by molar-refractivity contribution is 7.99. The van der Waals surface area contributed by atoms with Crippen molar-refractivity contribution in [2.75, 3.05) is 5.75 Å². The molecule has 1 aromatic carbocycles. The Labute approximate surface area is 171 Å². The lowest BCUT2D eigenvalue weighted by atomic mass is 10.1. The molecule has 0 aliphatic rings. The smallest absolute Gasteiger partial charge is 0.303 e. The van der Waals surface area contributed by atoms with E-state index in [0.717, 1.165) is 12.1 Å². The molecule has 0 bridgehead atoms. The zero-order chi connectivity index (χ0) is 19.6.